The lowest BCUT2D eigenvalue weighted by molar-refractivity contribution is 0.601. The first-order valence-electron chi connectivity index (χ1n) is 8.53. The summed E-state index contributed by atoms with van der Waals surface area (Å²) in [4.78, 5) is 9.20. The summed E-state index contributed by atoms with van der Waals surface area (Å²) >= 11 is 0. The Labute approximate surface area is 159 Å². The van der Waals surface area contributed by atoms with Gasteiger partial charge in [-0.1, -0.05) is 6.07 Å². The van der Waals surface area contributed by atoms with Crippen molar-refractivity contribution in [1.82, 2.24) is 19.7 Å². The molecule has 0 radical (unpaired) electrons. The fourth-order valence-electron chi connectivity index (χ4n) is 2.94. The number of hydrogen-bond donors (Lipinski definition) is 1. The van der Waals surface area contributed by atoms with E-state index in [1.54, 1.807) is 29.1 Å². The summed E-state index contributed by atoms with van der Waals surface area (Å²) in [5.74, 6) is 2.16. The summed E-state index contributed by atoms with van der Waals surface area (Å²) in [6.45, 7) is 5.85. The van der Waals surface area contributed by atoms with Crippen molar-refractivity contribution < 1.29 is 8.42 Å². The van der Waals surface area contributed by atoms with E-state index in [-0.39, 0.29) is 0 Å². The van der Waals surface area contributed by atoms with Gasteiger partial charge in [-0.05, 0) is 50.1 Å². The molecule has 0 aliphatic rings. The fourth-order valence-corrected chi connectivity index (χ4v) is 3.70. The number of sulfone groups is 1. The van der Waals surface area contributed by atoms with Crippen LogP contribution in [0.4, 0.5) is 11.6 Å². The van der Waals surface area contributed by atoms with Gasteiger partial charge in [0.25, 0.3) is 0 Å². The van der Waals surface area contributed by atoms with Crippen LogP contribution in [0.3, 0.4) is 0 Å². The number of aryl methyl sites for hydroxylation is 3. The molecule has 1 aromatic carbocycles. The predicted molar refractivity (Wildman–Crippen MR) is 105 cm³/mol. The number of hydrogen-bond acceptors (Lipinski definition) is 6. The van der Waals surface area contributed by atoms with Crippen LogP contribution >= 0.6 is 0 Å². The van der Waals surface area contributed by atoms with Gasteiger partial charge in [0.05, 0.1) is 10.6 Å². The van der Waals surface area contributed by atoms with E-state index in [1.165, 1.54) is 6.26 Å². The minimum Gasteiger partial charge on any atom is -0.325 e. The molecule has 1 N–H and O–H groups in total. The molecule has 0 atom stereocenters. The second kappa shape index (κ2) is 7.11. The minimum atomic E-state index is -3.26. The lowest BCUT2D eigenvalue weighted by Gasteiger charge is -2.09. The molecule has 7 nitrogen and oxygen atoms in total. The maximum absolute atomic E-state index is 11.9. The molecular weight excluding hydrogens is 362 g/mol. The van der Waals surface area contributed by atoms with Crippen molar-refractivity contribution in [1.29, 1.82) is 0 Å². The summed E-state index contributed by atoms with van der Waals surface area (Å²) < 4.78 is 25.5. The van der Waals surface area contributed by atoms with Crippen molar-refractivity contribution in [2.45, 2.75) is 32.1 Å². The topological polar surface area (TPSA) is 89.8 Å². The molecule has 0 saturated heterocycles. The number of nitrogens with zero attached hydrogens (tertiary/aromatic N) is 4. The van der Waals surface area contributed by atoms with Crippen LogP contribution in [-0.4, -0.2) is 34.4 Å². The average molecular weight is 385 g/mol. The van der Waals surface area contributed by atoms with Crippen molar-refractivity contribution in [2.75, 3.05) is 11.6 Å². The molecule has 3 aromatic rings. The summed E-state index contributed by atoms with van der Waals surface area (Å²) in [6.07, 6.45) is 3.35. The normalized spacial score (nSPS) is 11.6. The van der Waals surface area contributed by atoms with Crippen LogP contribution in [0.25, 0.3) is 0 Å². The maximum Gasteiger partial charge on any atom is 0.175 e. The molecule has 0 aliphatic heterocycles. The van der Waals surface area contributed by atoms with Crippen molar-refractivity contribution in [3.8, 4) is 0 Å². The third kappa shape index (κ3) is 4.33. The lowest BCUT2D eigenvalue weighted by atomic mass is 10.1. The Morgan fingerprint density at radius 1 is 1.15 bits per heavy atom. The first kappa shape index (κ1) is 19.0. The summed E-state index contributed by atoms with van der Waals surface area (Å²) in [6, 6.07) is 7.10. The molecule has 2 heterocycles. The standard InChI is InChI=1S/C19H23N5O2S/c1-12-8-15(10-16(9-12)27(5,25)26)11-18-20-7-6-17(21-18)22-19-13(2)14(3)23-24(19)4/h6-10H,11H2,1-5H3,(H,20,21,22). The Hall–Kier alpha value is -2.74. The highest BCUT2D eigenvalue weighted by atomic mass is 32.2. The first-order valence-corrected chi connectivity index (χ1v) is 10.4. The minimum absolute atomic E-state index is 0.313. The van der Waals surface area contributed by atoms with Crippen LogP contribution in [0.1, 0.15) is 28.2 Å². The number of aromatic nitrogens is 4. The van der Waals surface area contributed by atoms with Crippen molar-refractivity contribution in [3.63, 3.8) is 0 Å². The zero-order chi connectivity index (χ0) is 19.8. The number of nitrogens with one attached hydrogen (secondary N) is 1. The van der Waals surface area contributed by atoms with Gasteiger partial charge in [-0.3, -0.25) is 4.68 Å². The highest BCUT2D eigenvalue weighted by molar-refractivity contribution is 7.90. The molecule has 3 rings (SSSR count). The van der Waals surface area contributed by atoms with E-state index in [4.69, 9.17) is 0 Å². The predicted octanol–water partition coefficient (Wildman–Crippen LogP) is 2.87. The van der Waals surface area contributed by atoms with E-state index in [9.17, 15) is 8.42 Å². The monoisotopic (exact) mass is 385 g/mol. The summed E-state index contributed by atoms with van der Waals surface area (Å²) in [5.41, 5.74) is 3.78. The van der Waals surface area contributed by atoms with Gasteiger partial charge in [-0.25, -0.2) is 18.4 Å². The summed E-state index contributed by atoms with van der Waals surface area (Å²) in [5, 5.41) is 7.68. The van der Waals surface area contributed by atoms with Crippen molar-refractivity contribution >= 4 is 21.5 Å². The van der Waals surface area contributed by atoms with Crippen molar-refractivity contribution in [3.05, 3.63) is 58.7 Å². The second-order valence-electron chi connectivity index (χ2n) is 6.77. The first-order chi connectivity index (χ1) is 12.6. The van der Waals surface area contributed by atoms with E-state index >= 15 is 0 Å². The van der Waals surface area contributed by atoms with Crippen LogP contribution in [-0.2, 0) is 23.3 Å². The van der Waals surface area contributed by atoms with Crippen LogP contribution < -0.4 is 5.32 Å². The lowest BCUT2D eigenvalue weighted by Crippen LogP contribution is -2.05. The van der Waals surface area contributed by atoms with Gasteiger partial charge in [0.15, 0.2) is 9.84 Å². The number of anilines is 2. The third-order valence-corrected chi connectivity index (χ3v) is 5.47. The average Bonchev–Trinajstić information content (AvgIpc) is 2.80. The van der Waals surface area contributed by atoms with Crippen LogP contribution in [0, 0.1) is 20.8 Å². The van der Waals surface area contributed by atoms with Gasteiger partial charge in [0.2, 0.25) is 0 Å². The van der Waals surface area contributed by atoms with Crippen LogP contribution in [0.5, 0.6) is 0 Å². The number of rotatable bonds is 5. The van der Waals surface area contributed by atoms with Gasteiger partial charge in [0.1, 0.15) is 17.5 Å². The van der Waals surface area contributed by atoms with Crippen molar-refractivity contribution in [2.24, 2.45) is 7.05 Å². The smallest absolute Gasteiger partial charge is 0.175 e. The van der Waals surface area contributed by atoms with Gasteiger partial charge < -0.3 is 5.32 Å². The second-order valence-corrected chi connectivity index (χ2v) is 8.78. The zero-order valence-electron chi connectivity index (χ0n) is 16.1. The fraction of sp³-hybridized carbons (Fsp3) is 0.316. The molecule has 0 saturated carbocycles. The molecule has 142 valence electrons. The van der Waals surface area contributed by atoms with Crippen LogP contribution in [0.2, 0.25) is 0 Å². The van der Waals surface area contributed by atoms with E-state index in [0.29, 0.717) is 23.0 Å². The largest absolute Gasteiger partial charge is 0.325 e. The maximum atomic E-state index is 11.9. The van der Waals surface area contributed by atoms with Gasteiger partial charge in [-0.15, -0.1) is 0 Å². The molecule has 0 spiro atoms. The molecule has 0 unspecified atom stereocenters. The highest BCUT2D eigenvalue weighted by Gasteiger charge is 2.12. The molecule has 2 aromatic heterocycles. The van der Waals surface area contributed by atoms with Crippen LogP contribution in [0.15, 0.2) is 35.4 Å². The van der Waals surface area contributed by atoms with E-state index in [2.05, 4.69) is 20.4 Å². The quantitative estimate of drug-likeness (QED) is 0.726. The van der Waals surface area contributed by atoms with Gasteiger partial charge >= 0.3 is 0 Å². The molecule has 8 heteroatoms. The molecule has 0 fully saturated rings. The van der Waals surface area contributed by atoms with E-state index in [1.807, 2.05) is 33.9 Å². The Kier molecular flexibility index (Phi) is 5.01. The van der Waals surface area contributed by atoms with Gasteiger partial charge in [0, 0.05) is 31.5 Å². The molecule has 0 amide bonds. The molecule has 27 heavy (non-hydrogen) atoms. The Bertz CT molecular complexity index is 1100. The Morgan fingerprint density at radius 3 is 2.52 bits per heavy atom. The van der Waals surface area contributed by atoms with Gasteiger partial charge in [-0.2, -0.15) is 5.10 Å². The molecule has 0 bridgehead atoms. The van der Waals surface area contributed by atoms with E-state index in [0.717, 1.165) is 28.2 Å². The molecule has 0 aliphatic carbocycles. The third-order valence-electron chi connectivity index (χ3n) is 4.37. The number of benzene rings is 1. The highest BCUT2D eigenvalue weighted by Crippen LogP contribution is 2.21. The summed E-state index contributed by atoms with van der Waals surface area (Å²) in [7, 11) is -1.38. The van der Waals surface area contributed by atoms with E-state index < -0.39 is 9.84 Å². The molecular formula is C19H23N5O2S. The SMILES string of the molecule is Cc1cc(Cc2nccc(Nc3c(C)c(C)nn3C)n2)cc(S(C)(=O)=O)c1. The Balaban J connectivity index is 1.88. The zero-order valence-corrected chi connectivity index (χ0v) is 16.9. The Morgan fingerprint density at radius 2 is 1.89 bits per heavy atom.